The fraction of sp³-hybridized carbons (Fsp3) is 0.625. The standard InChI is InChI=1S/C16H25N3O2/c1-14-6-10-18(11-7-14)9-3-8-17-13-15-4-2-5-16(12-15)19(20)21/h2,4-5,12,14,17H,3,6-11,13H2,1H3. The Morgan fingerprint density at radius 1 is 1.38 bits per heavy atom. The molecule has 1 saturated heterocycles. The van der Waals surface area contributed by atoms with E-state index in [0.717, 1.165) is 31.0 Å². The number of benzene rings is 1. The van der Waals surface area contributed by atoms with Crippen LogP contribution in [-0.2, 0) is 6.54 Å². The Balaban J connectivity index is 1.61. The van der Waals surface area contributed by atoms with Gasteiger partial charge < -0.3 is 10.2 Å². The molecule has 1 aromatic carbocycles. The molecule has 0 unspecified atom stereocenters. The number of nitro benzene ring substituents is 1. The fourth-order valence-corrected chi connectivity index (χ4v) is 2.73. The van der Waals surface area contributed by atoms with Crippen LogP contribution in [0.5, 0.6) is 0 Å². The van der Waals surface area contributed by atoms with Crippen molar-refractivity contribution in [1.82, 2.24) is 10.2 Å². The molecular formula is C16H25N3O2. The van der Waals surface area contributed by atoms with E-state index in [1.54, 1.807) is 12.1 Å². The Morgan fingerprint density at radius 3 is 2.86 bits per heavy atom. The molecule has 0 atom stereocenters. The smallest absolute Gasteiger partial charge is 0.269 e. The zero-order valence-corrected chi connectivity index (χ0v) is 12.8. The minimum absolute atomic E-state index is 0.164. The predicted molar refractivity (Wildman–Crippen MR) is 84.3 cm³/mol. The summed E-state index contributed by atoms with van der Waals surface area (Å²) < 4.78 is 0. The molecule has 0 aromatic heterocycles. The summed E-state index contributed by atoms with van der Waals surface area (Å²) in [5.74, 6) is 0.883. The van der Waals surface area contributed by atoms with Crippen LogP contribution in [0.25, 0.3) is 0 Å². The number of piperidine rings is 1. The first-order valence-electron chi connectivity index (χ1n) is 7.81. The van der Waals surface area contributed by atoms with Crippen molar-refractivity contribution in [3.05, 3.63) is 39.9 Å². The highest BCUT2D eigenvalue weighted by atomic mass is 16.6. The molecule has 0 spiro atoms. The second-order valence-corrected chi connectivity index (χ2v) is 5.98. The molecule has 1 aliphatic heterocycles. The molecule has 21 heavy (non-hydrogen) atoms. The highest BCUT2D eigenvalue weighted by Gasteiger charge is 2.14. The van der Waals surface area contributed by atoms with Crippen LogP contribution in [0.15, 0.2) is 24.3 Å². The third-order valence-electron chi connectivity index (χ3n) is 4.15. The van der Waals surface area contributed by atoms with E-state index in [-0.39, 0.29) is 10.6 Å². The van der Waals surface area contributed by atoms with Crippen LogP contribution < -0.4 is 5.32 Å². The monoisotopic (exact) mass is 291 g/mol. The van der Waals surface area contributed by atoms with Crippen molar-refractivity contribution in [1.29, 1.82) is 0 Å². The van der Waals surface area contributed by atoms with Crippen molar-refractivity contribution in [3.63, 3.8) is 0 Å². The normalized spacial score (nSPS) is 17.0. The van der Waals surface area contributed by atoms with Gasteiger partial charge in [0.25, 0.3) is 5.69 Å². The maximum absolute atomic E-state index is 10.7. The molecule has 116 valence electrons. The first-order valence-corrected chi connectivity index (χ1v) is 7.81. The molecule has 0 aliphatic carbocycles. The topological polar surface area (TPSA) is 58.4 Å². The van der Waals surface area contributed by atoms with Gasteiger partial charge in [-0.25, -0.2) is 0 Å². The lowest BCUT2D eigenvalue weighted by molar-refractivity contribution is -0.384. The summed E-state index contributed by atoms with van der Waals surface area (Å²) >= 11 is 0. The summed E-state index contributed by atoms with van der Waals surface area (Å²) in [5.41, 5.74) is 1.13. The molecule has 5 nitrogen and oxygen atoms in total. The number of hydrogen-bond acceptors (Lipinski definition) is 4. The van der Waals surface area contributed by atoms with Crippen LogP contribution in [0.2, 0.25) is 0 Å². The third kappa shape index (κ3) is 5.44. The Kier molecular flexibility index (Phi) is 6.14. The Morgan fingerprint density at radius 2 is 2.14 bits per heavy atom. The number of rotatable bonds is 7. The van der Waals surface area contributed by atoms with Gasteiger partial charge in [0.1, 0.15) is 0 Å². The van der Waals surface area contributed by atoms with E-state index < -0.39 is 0 Å². The number of nitro groups is 1. The molecule has 0 saturated carbocycles. The van der Waals surface area contributed by atoms with E-state index in [4.69, 9.17) is 0 Å². The molecule has 0 radical (unpaired) electrons. The van der Waals surface area contributed by atoms with Crippen LogP contribution in [0, 0.1) is 16.0 Å². The summed E-state index contributed by atoms with van der Waals surface area (Å²) in [5, 5.41) is 14.1. The molecule has 5 heteroatoms. The summed E-state index contributed by atoms with van der Waals surface area (Å²) in [6.07, 6.45) is 3.77. The maximum Gasteiger partial charge on any atom is 0.269 e. The van der Waals surface area contributed by atoms with Gasteiger partial charge in [0.2, 0.25) is 0 Å². The van der Waals surface area contributed by atoms with Gasteiger partial charge in [-0.15, -0.1) is 0 Å². The first-order chi connectivity index (χ1) is 10.1. The summed E-state index contributed by atoms with van der Waals surface area (Å²) in [7, 11) is 0. The van der Waals surface area contributed by atoms with Gasteiger partial charge in [-0.05, 0) is 56.9 Å². The van der Waals surface area contributed by atoms with Gasteiger partial charge in [-0.3, -0.25) is 10.1 Å². The Hall–Kier alpha value is -1.46. The van der Waals surface area contributed by atoms with E-state index in [1.807, 2.05) is 6.07 Å². The lowest BCUT2D eigenvalue weighted by atomic mass is 9.99. The van der Waals surface area contributed by atoms with Gasteiger partial charge in [0.15, 0.2) is 0 Å². The predicted octanol–water partition coefficient (Wildman–Crippen LogP) is 2.81. The lowest BCUT2D eigenvalue weighted by Crippen LogP contribution is -2.34. The minimum atomic E-state index is -0.346. The molecule has 1 fully saturated rings. The van der Waals surface area contributed by atoms with Gasteiger partial charge in [-0.2, -0.15) is 0 Å². The van der Waals surface area contributed by atoms with Crippen LogP contribution >= 0.6 is 0 Å². The average Bonchev–Trinajstić information content (AvgIpc) is 2.49. The number of hydrogen-bond donors (Lipinski definition) is 1. The van der Waals surface area contributed by atoms with E-state index in [9.17, 15) is 10.1 Å². The third-order valence-corrected chi connectivity index (χ3v) is 4.15. The zero-order chi connectivity index (χ0) is 15.1. The summed E-state index contributed by atoms with van der Waals surface area (Å²) in [4.78, 5) is 12.9. The summed E-state index contributed by atoms with van der Waals surface area (Å²) in [6, 6.07) is 6.83. The summed E-state index contributed by atoms with van der Waals surface area (Å²) in [6.45, 7) is 7.58. The quantitative estimate of drug-likeness (QED) is 0.477. The van der Waals surface area contributed by atoms with Gasteiger partial charge in [0.05, 0.1) is 4.92 Å². The van der Waals surface area contributed by atoms with Crippen molar-refractivity contribution in [3.8, 4) is 0 Å². The zero-order valence-electron chi connectivity index (χ0n) is 12.8. The van der Waals surface area contributed by atoms with Crippen LogP contribution in [-0.4, -0.2) is 36.0 Å². The van der Waals surface area contributed by atoms with E-state index in [2.05, 4.69) is 17.1 Å². The molecule has 1 heterocycles. The number of likely N-dealkylation sites (tertiary alicyclic amines) is 1. The number of nitrogens with zero attached hydrogens (tertiary/aromatic N) is 2. The second-order valence-electron chi connectivity index (χ2n) is 5.98. The SMILES string of the molecule is CC1CCN(CCCNCc2cccc([N+](=O)[O-])c2)CC1. The highest BCUT2D eigenvalue weighted by molar-refractivity contribution is 5.34. The molecule has 2 rings (SSSR count). The van der Waals surface area contributed by atoms with E-state index in [0.29, 0.717) is 6.54 Å². The van der Waals surface area contributed by atoms with Crippen LogP contribution in [0.3, 0.4) is 0 Å². The number of nitrogens with one attached hydrogen (secondary N) is 1. The van der Waals surface area contributed by atoms with Crippen LogP contribution in [0.4, 0.5) is 5.69 Å². The fourth-order valence-electron chi connectivity index (χ4n) is 2.73. The molecule has 0 bridgehead atoms. The van der Waals surface area contributed by atoms with Crippen molar-refractivity contribution >= 4 is 5.69 Å². The minimum Gasteiger partial charge on any atom is -0.313 e. The average molecular weight is 291 g/mol. The second kappa shape index (κ2) is 8.10. The van der Waals surface area contributed by atoms with Crippen molar-refractivity contribution < 1.29 is 4.92 Å². The maximum atomic E-state index is 10.7. The number of non-ortho nitro benzene ring substituents is 1. The molecule has 0 amide bonds. The van der Waals surface area contributed by atoms with Crippen molar-refractivity contribution in [2.45, 2.75) is 32.7 Å². The van der Waals surface area contributed by atoms with Gasteiger partial charge >= 0.3 is 0 Å². The van der Waals surface area contributed by atoms with Crippen LogP contribution in [0.1, 0.15) is 31.7 Å². The van der Waals surface area contributed by atoms with Gasteiger partial charge in [0, 0.05) is 18.7 Å². The molecule has 1 N–H and O–H groups in total. The molecule has 1 aliphatic rings. The highest BCUT2D eigenvalue weighted by Crippen LogP contribution is 2.16. The Labute approximate surface area is 126 Å². The lowest BCUT2D eigenvalue weighted by Gasteiger charge is -2.30. The van der Waals surface area contributed by atoms with E-state index >= 15 is 0 Å². The van der Waals surface area contributed by atoms with Gasteiger partial charge in [-0.1, -0.05) is 19.1 Å². The molecule has 1 aromatic rings. The Bertz CT molecular complexity index is 457. The van der Waals surface area contributed by atoms with Crippen molar-refractivity contribution in [2.75, 3.05) is 26.2 Å². The molecular weight excluding hydrogens is 266 g/mol. The van der Waals surface area contributed by atoms with E-state index in [1.165, 1.54) is 32.0 Å². The largest absolute Gasteiger partial charge is 0.313 e. The first kappa shape index (κ1) is 15.9. The van der Waals surface area contributed by atoms with Crippen molar-refractivity contribution in [2.24, 2.45) is 5.92 Å².